The Balaban J connectivity index is 2.86. The normalized spacial score (nSPS) is 10.2. The van der Waals surface area contributed by atoms with Crippen LogP contribution in [0.3, 0.4) is 0 Å². The van der Waals surface area contributed by atoms with Gasteiger partial charge in [0.1, 0.15) is 0 Å². The summed E-state index contributed by atoms with van der Waals surface area (Å²) in [5.74, 6) is 2.09. The van der Waals surface area contributed by atoms with Gasteiger partial charge in [-0.1, -0.05) is 0 Å². The van der Waals surface area contributed by atoms with Crippen LogP contribution in [0.2, 0.25) is 0 Å². The Labute approximate surface area is 88.7 Å². The van der Waals surface area contributed by atoms with E-state index in [2.05, 4.69) is 6.58 Å². The van der Waals surface area contributed by atoms with E-state index in [1.807, 2.05) is 18.9 Å². The Morgan fingerprint density at radius 1 is 1.33 bits per heavy atom. The number of benzene rings is 1. The van der Waals surface area contributed by atoms with Gasteiger partial charge in [-0.3, -0.25) is 0 Å². The van der Waals surface area contributed by atoms with Crippen LogP contribution in [0.4, 0.5) is 0 Å². The minimum absolute atomic E-state index is 0.00129. The third kappa shape index (κ3) is 1.66. The Morgan fingerprint density at radius 3 is 2.80 bits per heavy atom. The zero-order valence-corrected chi connectivity index (χ0v) is 8.27. The molecule has 74 valence electrons. The molecule has 0 aliphatic rings. The summed E-state index contributed by atoms with van der Waals surface area (Å²) in [7, 11) is 0. The summed E-state index contributed by atoms with van der Waals surface area (Å²) in [4.78, 5) is 0. The topological polar surface area (TPSA) is 40.5 Å². The molecule has 0 amide bonds. The summed E-state index contributed by atoms with van der Waals surface area (Å²) in [5.41, 5.74) is 1.81. The molecule has 2 rings (SSSR count). The second-order valence-electron chi connectivity index (χ2n) is 3.41. The number of aliphatic hydroxyl groups excluding tert-OH is 1. The first-order valence-electron chi connectivity index (χ1n) is 4.74. The van der Waals surface area contributed by atoms with Crippen LogP contribution in [0, 0.1) is 0 Å². The van der Waals surface area contributed by atoms with Crippen molar-refractivity contribution in [3.8, 4) is 5.75 Å². The molecule has 3 heteroatoms. The number of aromatic hydroxyl groups is 1. The number of rotatable bonds is 2. The summed E-state index contributed by atoms with van der Waals surface area (Å²) >= 11 is 0. The van der Waals surface area contributed by atoms with E-state index in [1.54, 1.807) is 18.2 Å². The molecule has 2 N–H and O–H groups in total. The molecule has 1 aromatic carbocycles. The monoisotopic (exact) mass is 198 g/mol. The second-order valence-corrected chi connectivity index (χ2v) is 3.41. The fraction of sp³-hybridized carbons (Fsp3) is 0.0833. The fourth-order valence-electron chi connectivity index (χ4n) is 1.74. The maximum atomic E-state index is 9.42. The van der Waals surface area contributed by atoms with E-state index >= 15 is 0 Å². The molecule has 0 aliphatic carbocycles. The van der Waals surface area contributed by atoms with Crippen molar-refractivity contribution in [3.05, 3.63) is 41.8 Å². The van der Waals surface area contributed by atoms with Crippen LogP contribution < -0.4 is 0 Å². The average Bonchev–Trinajstić information content (AvgIpc) is 2.27. The Hall–Kier alpha value is -1.61. The molecule has 0 saturated heterocycles. The molecule has 0 fully saturated rings. The van der Waals surface area contributed by atoms with E-state index in [1.165, 1.54) is 0 Å². The quantitative estimate of drug-likeness (QED) is 0.774. The predicted molar refractivity (Wildman–Crippen MR) is 63.0 cm³/mol. The standard InChI is InChI=1S/C12H11BO2/c1-2-12-11-5-9(15)3-4-10(11)8(7-14)6-13-12/h2-6,14-15H,1,7H2. The third-order valence-electron chi connectivity index (χ3n) is 2.51. The van der Waals surface area contributed by atoms with Crippen molar-refractivity contribution in [2.24, 2.45) is 0 Å². The van der Waals surface area contributed by atoms with Crippen molar-refractivity contribution in [3.63, 3.8) is 0 Å². The van der Waals surface area contributed by atoms with Crippen LogP contribution in [0.15, 0.2) is 30.7 Å². The number of hydrogen-bond donors (Lipinski definition) is 2. The molecule has 1 aromatic heterocycles. The van der Waals surface area contributed by atoms with Gasteiger partial charge < -0.3 is 0 Å². The van der Waals surface area contributed by atoms with Gasteiger partial charge >= 0.3 is 88.1 Å². The Bertz CT molecular complexity index is 520. The molecule has 2 aromatic rings. The van der Waals surface area contributed by atoms with Gasteiger partial charge in [-0.2, -0.15) is 0 Å². The zero-order chi connectivity index (χ0) is 10.8. The number of fused-ring (bicyclic) bond motifs is 1. The van der Waals surface area contributed by atoms with Crippen molar-refractivity contribution in [2.45, 2.75) is 6.61 Å². The Morgan fingerprint density at radius 2 is 2.13 bits per heavy atom. The predicted octanol–water partition coefficient (Wildman–Crippen LogP) is 2.02. The van der Waals surface area contributed by atoms with Crippen molar-refractivity contribution in [1.82, 2.24) is 0 Å². The molecule has 0 aliphatic heterocycles. The molecular weight excluding hydrogens is 187 g/mol. The van der Waals surface area contributed by atoms with Crippen molar-refractivity contribution < 1.29 is 10.2 Å². The van der Waals surface area contributed by atoms with Gasteiger partial charge in [0.15, 0.2) is 0 Å². The average molecular weight is 198 g/mol. The molecule has 1 heterocycles. The molecular formula is C12H11BO2. The molecule has 0 atom stereocenters. The molecule has 0 saturated carbocycles. The van der Waals surface area contributed by atoms with Gasteiger partial charge in [0, 0.05) is 0 Å². The number of hydrogen-bond acceptors (Lipinski definition) is 2. The van der Waals surface area contributed by atoms with Gasteiger partial charge in [0.25, 0.3) is 0 Å². The first-order valence-corrected chi connectivity index (χ1v) is 4.74. The van der Waals surface area contributed by atoms with Gasteiger partial charge in [-0.25, -0.2) is 0 Å². The SMILES string of the molecule is C=Cc1bcc(CO)c2ccc(O)cc12. The summed E-state index contributed by atoms with van der Waals surface area (Å²) in [6.45, 7) is 5.61. The van der Waals surface area contributed by atoms with Crippen LogP contribution in [-0.4, -0.2) is 17.1 Å². The second kappa shape index (κ2) is 3.87. The van der Waals surface area contributed by atoms with E-state index in [-0.39, 0.29) is 12.4 Å². The van der Waals surface area contributed by atoms with Crippen molar-refractivity contribution in [1.29, 1.82) is 0 Å². The number of phenolic OH excluding ortho intramolecular Hbond substituents is 1. The molecule has 0 spiro atoms. The maximum absolute atomic E-state index is 9.42. The summed E-state index contributed by atoms with van der Waals surface area (Å²) in [6, 6.07) is 5.11. The van der Waals surface area contributed by atoms with E-state index in [0.717, 1.165) is 21.8 Å². The number of phenols is 1. The first kappa shape index (κ1) is 9.93. The van der Waals surface area contributed by atoms with Crippen molar-refractivity contribution >= 4 is 23.8 Å². The first-order chi connectivity index (χ1) is 7.26. The third-order valence-corrected chi connectivity index (χ3v) is 2.51. The van der Waals surface area contributed by atoms with E-state index < -0.39 is 0 Å². The summed E-state index contributed by atoms with van der Waals surface area (Å²) < 4.78 is 0. The van der Waals surface area contributed by atoms with Crippen LogP contribution in [0.1, 0.15) is 11.0 Å². The van der Waals surface area contributed by atoms with Crippen LogP contribution in [-0.2, 0) is 6.61 Å². The molecule has 15 heavy (non-hydrogen) atoms. The molecule has 0 bridgehead atoms. The van der Waals surface area contributed by atoms with Crippen LogP contribution >= 0.6 is 0 Å². The van der Waals surface area contributed by atoms with E-state index in [4.69, 9.17) is 0 Å². The molecule has 0 radical (unpaired) electrons. The minimum atomic E-state index is -0.00129. The van der Waals surface area contributed by atoms with Gasteiger partial charge in [0.2, 0.25) is 0 Å². The van der Waals surface area contributed by atoms with Gasteiger partial charge in [0.05, 0.1) is 0 Å². The molecule has 0 unspecified atom stereocenters. The summed E-state index contributed by atoms with van der Waals surface area (Å²) in [5, 5.41) is 20.5. The van der Waals surface area contributed by atoms with Gasteiger partial charge in [-0.05, 0) is 0 Å². The summed E-state index contributed by atoms with van der Waals surface area (Å²) in [6.07, 6.45) is 1.74. The van der Waals surface area contributed by atoms with Crippen LogP contribution in [0.25, 0.3) is 16.8 Å². The van der Waals surface area contributed by atoms with E-state index in [9.17, 15) is 10.2 Å². The molecule has 2 nitrogen and oxygen atoms in total. The zero-order valence-electron chi connectivity index (χ0n) is 8.27. The van der Waals surface area contributed by atoms with Crippen molar-refractivity contribution in [2.75, 3.05) is 0 Å². The van der Waals surface area contributed by atoms with Gasteiger partial charge in [-0.15, -0.1) is 0 Å². The van der Waals surface area contributed by atoms with Crippen LogP contribution in [0.5, 0.6) is 5.75 Å². The fourth-order valence-corrected chi connectivity index (χ4v) is 1.74. The number of aliphatic hydroxyl groups is 1. The van der Waals surface area contributed by atoms with E-state index in [0.29, 0.717) is 0 Å². The Kier molecular flexibility index (Phi) is 2.56.